The van der Waals surface area contributed by atoms with Gasteiger partial charge in [-0.15, -0.1) is 35.3 Å². The fourth-order valence-electron chi connectivity index (χ4n) is 2.84. The van der Waals surface area contributed by atoms with Crippen molar-refractivity contribution in [2.24, 2.45) is 4.99 Å². The topological polar surface area (TPSA) is 56.9 Å². The van der Waals surface area contributed by atoms with E-state index in [1.165, 1.54) is 5.00 Å². The Morgan fingerprint density at radius 2 is 2.12 bits per heavy atom. The number of hydrogen-bond acceptors (Lipinski definition) is 5. The van der Waals surface area contributed by atoms with Crippen molar-refractivity contribution in [2.45, 2.75) is 33.2 Å². The molecule has 3 rings (SSSR count). The van der Waals surface area contributed by atoms with Gasteiger partial charge in [-0.05, 0) is 30.4 Å². The largest absolute Gasteiger partial charge is 0.360 e. The number of anilines is 1. The lowest BCUT2D eigenvalue weighted by molar-refractivity contribution is 0.364. The summed E-state index contributed by atoms with van der Waals surface area (Å²) in [5.74, 6) is 2.15. The molecule has 1 aliphatic rings. The molecule has 1 fully saturated rings. The van der Waals surface area contributed by atoms with Crippen molar-refractivity contribution in [1.82, 2.24) is 15.4 Å². The van der Waals surface area contributed by atoms with Crippen molar-refractivity contribution in [3.8, 4) is 0 Å². The highest BCUT2D eigenvalue weighted by Gasteiger charge is 2.20. The van der Waals surface area contributed by atoms with Gasteiger partial charge in [-0.3, -0.25) is 0 Å². The van der Waals surface area contributed by atoms with Crippen LogP contribution in [0.3, 0.4) is 0 Å². The van der Waals surface area contributed by atoms with Gasteiger partial charge in [0.2, 0.25) is 0 Å². The van der Waals surface area contributed by atoms with E-state index in [1.54, 1.807) is 11.3 Å². The van der Waals surface area contributed by atoms with Crippen molar-refractivity contribution >= 4 is 46.3 Å². The molecule has 1 N–H and O–H groups in total. The molecule has 6 nitrogen and oxygen atoms in total. The van der Waals surface area contributed by atoms with E-state index in [-0.39, 0.29) is 24.0 Å². The molecule has 0 saturated carbocycles. The Bertz CT molecular complexity index is 678. The Kier molecular flexibility index (Phi) is 8.20. The minimum atomic E-state index is 0. The average Bonchev–Trinajstić information content (AvgIpc) is 3.30. The number of nitrogens with zero attached hydrogens (tertiary/aromatic N) is 4. The molecule has 0 unspecified atom stereocenters. The molecular weight excluding hydrogens is 461 g/mol. The maximum Gasteiger partial charge on any atom is 0.194 e. The summed E-state index contributed by atoms with van der Waals surface area (Å²) in [5, 5.41) is 11.0. The Balaban J connectivity index is 0.00000243. The van der Waals surface area contributed by atoms with Gasteiger partial charge in [0.25, 0.3) is 0 Å². The van der Waals surface area contributed by atoms with Gasteiger partial charge in [-0.1, -0.05) is 19.0 Å². The molecule has 2 aromatic rings. The Morgan fingerprint density at radius 3 is 2.69 bits per heavy atom. The number of aliphatic imine (C=N–C) groups is 1. The molecule has 1 aliphatic heterocycles. The van der Waals surface area contributed by atoms with E-state index in [9.17, 15) is 0 Å². The third-order valence-electron chi connectivity index (χ3n) is 4.29. The average molecular weight is 489 g/mol. The monoisotopic (exact) mass is 489 g/mol. The van der Waals surface area contributed by atoms with Crippen LogP contribution in [0, 0.1) is 0 Å². The van der Waals surface area contributed by atoms with Crippen LogP contribution in [-0.2, 0) is 6.54 Å². The minimum Gasteiger partial charge on any atom is -0.360 e. The normalized spacial score (nSPS) is 15.3. The summed E-state index contributed by atoms with van der Waals surface area (Å²) in [7, 11) is 0. The van der Waals surface area contributed by atoms with Crippen molar-refractivity contribution in [3.63, 3.8) is 0 Å². The molecule has 0 amide bonds. The number of thiophene rings is 1. The molecular formula is C18H28IN5OS. The minimum absolute atomic E-state index is 0. The zero-order valence-electron chi connectivity index (χ0n) is 15.6. The number of hydrogen-bond donors (Lipinski definition) is 1. The standard InChI is InChI=1S/C18H27N5OS.HI/c1-4-19-18(20-13-15-12-16(14(2)3)21-24-15)23-9-7-22(8-10-23)17-6-5-11-25-17;/h5-6,11-12,14H,4,7-10,13H2,1-3H3,(H,19,20);1H. The lowest BCUT2D eigenvalue weighted by atomic mass is 10.1. The van der Waals surface area contributed by atoms with Gasteiger partial charge < -0.3 is 19.6 Å². The number of nitrogens with one attached hydrogen (secondary N) is 1. The maximum atomic E-state index is 5.40. The zero-order valence-corrected chi connectivity index (χ0v) is 18.8. The second-order valence-corrected chi connectivity index (χ2v) is 7.39. The third-order valence-corrected chi connectivity index (χ3v) is 5.21. The zero-order chi connectivity index (χ0) is 17.6. The molecule has 8 heteroatoms. The molecule has 0 radical (unpaired) electrons. The summed E-state index contributed by atoms with van der Waals surface area (Å²) >= 11 is 1.80. The molecule has 0 aliphatic carbocycles. The number of piperazine rings is 1. The Labute approximate surface area is 176 Å². The lowest BCUT2D eigenvalue weighted by Gasteiger charge is -2.37. The van der Waals surface area contributed by atoms with E-state index in [0.717, 1.165) is 50.1 Å². The SMILES string of the molecule is CCNC(=NCc1cc(C(C)C)no1)N1CCN(c2cccs2)CC1.I. The summed E-state index contributed by atoms with van der Waals surface area (Å²) < 4.78 is 5.40. The van der Waals surface area contributed by atoms with Gasteiger partial charge in [0.15, 0.2) is 11.7 Å². The molecule has 144 valence electrons. The van der Waals surface area contributed by atoms with Crippen LogP contribution in [-0.4, -0.2) is 48.7 Å². The summed E-state index contributed by atoms with van der Waals surface area (Å²) in [6.45, 7) is 11.7. The summed E-state index contributed by atoms with van der Waals surface area (Å²) in [6.07, 6.45) is 0. The van der Waals surface area contributed by atoms with Crippen LogP contribution in [0.4, 0.5) is 5.00 Å². The lowest BCUT2D eigenvalue weighted by Crippen LogP contribution is -2.52. The smallest absolute Gasteiger partial charge is 0.194 e. The Hall–Kier alpha value is -1.29. The third kappa shape index (κ3) is 5.35. The van der Waals surface area contributed by atoms with Gasteiger partial charge in [0.05, 0.1) is 10.7 Å². The van der Waals surface area contributed by atoms with Crippen LogP contribution in [0.25, 0.3) is 0 Å². The van der Waals surface area contributed by atoms with E-state index >= 15 is 0 Å². The van der Waals surface area contributed by atoms with E-state index < -0.39 is 0 Å². The quantitative estimate of drug-likeness (QED) is 0.394. The van der Waals surface area contributed by atoms with E-state index in [1.807, 2.05) is 6.07 Å². The number of halogens is 1. The number of aromatic nitrogens is 1. The number of guanidine groups is 1. The van der Waals surface area contributed by atoms with Gasteiger partial charge in [0.1, 0.15) is 6.54 Å². The predicted octanol–water partition coefficient (Wildman–Crippen LogP) is 3.77. The highest BCUT2D eigenvalue weighted by Crippen LogP contribution is 2.22. The van der Waals surface area contributed by atoms with Crippen molar-refractivity contribution in [3.05, 3.63) is 35.0 Å². The van der Waals surface area contributed by atoms with Crippen LogP contribution < -0.4 is 10.2 Å². The van der Waals surface area contributed by atoms with Crippen molar-refractivity contribution in [2.75, 3.05) is 37.6 Å². The first kappa shape index (κ1) is 21.0. The molecule has 2 aromatic heterocycles. The van der Waals surface area contributed by atoms with Crippen LogP contribution in [0.1, 0.15) is 38.1 Å². The van der Waals surface area contributed by atoms with Gasteiger partial charge in [0, 0.05) is 38.8 Å². The molecule has 1 saturated heterocycles. The highest BCUT2D eigenvalue weighted by atomic mass is 127. The van der Waals surface area contributed by atoms with Crippen LogP contribution >= 0.6 is 35.3 Å². The van der Waals surface area contributed by atoms with Crippen LogP contribution in [0.5, 0.6) is 0 Å². The van der Waals surface area contributed by atoms with E-state index in [4.69, 9.17) is 9.52 Å². The predicted molar refractivity (Wildman–Crippen MR) is 119 cm³/mol. The molecule has 26 heavy (non-hydrogen) atoms. The van der Waals surface area contributed by atoms with Crippen molar-refractivity contribution in [1.29, 1.82) is 0 Å². The number of rotatable bonds is 5. The summed E-state index contributed by atoms with van der Waals surface area (Å²) in [4.78, 5) is 9.52. The molecule has 0 aromatic carbocycles. The first-order valence-corrected chi connectivity index (χ1v) is 9.82. The fraction of sp³-hybridized carbons (Fsp3) is 0.556. The highest BCUT2D eigenvalue weighted by molar-refractivity contribution is 14.0. The second kappa shape index (κ2) is 10.1. The summed E-state index contributed by atoms with van der Waals surface area (Å²) in [6, 6.07) is 6.31. The van der Waals surface area contributed by atoms with Crippen LogP contribution in [0.15, 0.2) is 33.1 Å². The molecule has 3 heterocycles. The van der Waals surface area contributed by atoms with Gasteiger partial charge in [-0.2, -0.15) is 0 Å². The van der Waals surface area contributed by atoms with E-state index in [2.05, 4.69) is 58.6 Å². The fourth-order valence-corrected chi connectivity index (χ4v) is 3.63. The Morgan fingerprint density at radius 1 is 1.35 bits per heavy atom. The van der Waals surface area contributed by atoms with Crippen molar-refractivity contribution < 1.29 is 4.52 Å². The second-order valence-electron chi connectivity index (χ2n) is 6.47. The first-order valence-electron chi connectivity index (χ1n) is 8.94. The van der Waals surface area contributed by atoms with Crippen LogP contribution in [0.2, 0.25) is 0 Å². The maximum absolute atomic E-state index is 5.40. The summed E-state index contributed by atoms with van der Waals surface area (Å²) in [5.41, 5.74) is 0.986. The molecule has 0 spiro atoms. The van der Waals surface area contributed by atoms with Gasteiger partial charge >= 0.3 is 0 Å². The van der Waals surface area contributed by atoms with E-state index in [0.29, 0.717) is 12.5 Å². The molecule has 0 bridgehead atoms. The molecule has 0 atom stereocenters. The first-order chi connectivity index (χ1) is 12.2. The van der Waals surface area contributed by atoms with Gasteiger partial charge in [-0.25, -0.2) is 4.99 Å².